The molecule has 5 nitrogen and oxygen atoms in total. The first-order valence-corrected chi connectivity index (χ1v) is 7.55. The third kappa shape index (κ3) is 2.88. The van der Waals surface area contributed by atoms with Crippen molar-refractivity contribution in [3.8, 4) is 0 Å². The van der Waals surface area contributed by atoms with Crippen molar-refractivity contribution in [2.75, 3.05) is 32.8 Å². The minimum Gasteiger partial charge on any atom is -0.396 e. The van der Waals surface area contributed by atoms with Crippen LogP contribution in [0.15, 0.2) is 12.2 Å². The van der Waals surface area contributed by atoms with Crippen molar-refractivity contribution in [3.63, 3.8) is 0 Å². The average Bonchev–Trinajstić information content (AvgIpc) is 2.40. The quantitative estimate of drug-likeness (QED) is 0.737. The van der Waals surface area contributed by atoms with Crippen LogP contribution < -0.4 is 0 Å². The van der Waals surface area contributed by atoms with E-state index >= 15 is 0 Å². The van der Waals surface area contributed by atoms with Crippen molar-refractivity contribution in [2.45, 2.75) is 19.3 Å². The van der Waals surface area contributed by atoms with Crippen molar-refractivity contribution in [2.24, 2.45) is 5.92 Å². The molecule has 1 fully saturated rings. The van der Waals surface area contributed by atoms with Crippen molar-refractivity contribution >= 4 is 10.2 Å². The predicted octanol–water partition coefficient (Wildman–Crippen LogP) is 0.197. The van der Waals surface area contributed by atoms with E-state index in [0.29, 0.717) is 26.2 Å². The van der Waals surface area contributed by atoms with Gasteiger partial charge < -0.3 is 5.11 Å². The molecule has 0 aromatic carbocycles. The van der Waals surface area contributed by atoms with Gasteiger partial charge in [-0.3, -0.25) is 0 Å². The highest BCUT2D eigenvalue weighted by Gasteiger charge is 2.33. The van der Waals surface area contributed by atoms with Crippen LogP contribution in [0.2, 0.25) is 0 Å². The lowest BCUT2D eigenvalue weighted by atomic mass is 10.0. The average molecular weight is 260 g/mol. The summed E-state index contributed by atoms with van der Waals surface area (Å²) in [4.78, 5) is 0. The smallest absolute Gasteiger partial charge is 0.282 e. The van der Waals surface area contributed by atoms with Gasteiger partial charge >= 0.3 is 0 Å². The number of hydrogen-bond acceptors (Lipinski definition) is 3. The summed E-state index contributed by atoms with van der Waals surface area (Å²) < 4.78 is 27.7. The number of aliphatic hydroxyl groups is 1. The summed E-state index contributed by atoms with van der Waals surface area (Å²) in [6, 6.07) is 0. The molecule has 0 amide bonds. The van der Waals surface area contributed by atoms with Gasteiger partial charge in [0.05, 0.1) is 0 Å². The van der Waals surface area contributed by atoms with Gasteiger partial charge in [0, 0.05) is 32.8 Å². The molecule has 1 saturated heterocycles. The van der Waals surface area contributed by atoms with Crippen LogP contribution >= 0.6 is 0 Å². The Balaban J connectivity index is 2.06. The highest BCUT2D eigenvalue weighted by Crippen LogP contribution is 2.21. The summed E-state index contributed by atoms with van der Waals surface area (Å²) >= 11 is 0. The van der Waals surface area contributed by atoms with Crippen LogP contribution in [-0.4, -0.2) is 54.9 Å². The van der Waals surface area contributed by atoms with E-state index < -0.39 is 10.2 Å². The SMILES string of the molecule is O=S(=O)(N1CC=CCC1)N1CCCC(CO)C1. The van der Waals surface area contributed by atoms with E-state index in [0.717, 1.165) is 19.3 Å². The van der Waals surface area contributed by atoms with Gasteiger partial charge in [0.25, 0.3) is 10.2 Å². The first-order valence-electron chi connectivity index (χ1n) is 6.15. The molecule has 0 saturated carbocycles. The van der Waals surface area contributed by atoms with E-state index in [2.05, 4.69) is 0 Å². The summed E-state index contributed by atoms with van der Waals surface area (Å²) in [6.45, 7) is 2.16. The Kier molecular flexibility index (Phi) is 4.19. The number of aliphatic hydroxyl groups excluding tert-OH is 1. The van der Waals surface area contributed by atoms with Gasteiger partial charge in [-0.1, -0.05) is 12.2 Å². The lowest BCUT2D eigenvalue weighted by Gasteiger charge is -2.35. The van der Waals surface area contributed by atoms with Gasteiger partial charge in [-0.2, -0.15) is 17.0 Å². The minimum atomic E-state index is -3.32. The summed E-state index contributed by atoms with van der Waals surface area (Å²) in [5.74, 6) is 0.0962. The number of rotatable bonds is 3. The topological polar surface area (TPSA) is 60.9 Å². The monoisotopic (exact) mass is 260 g/mol. The Bertz CT molecular complexity index is 380. The van der Waals surface area contributed by atoms with E-state index in [1.807, 2.05) is 12.2 Å². The molecule has 2 rings (SSSR count). The number of hydrogen-bond donors (Lipinski definition) is 1. The van der Waals surface area contributed by atoms with Gasteiger partial charge in [-0.15, -0.1) is 0 Å². The fraction of sp³-hybridized carbons (Fsp3) is 0.818. The van der Waals surface area contributed by atoms with Crippen LogP contribution in [0.5, 0.6) is 0 Å². The summed E-state index contributed by atoms with van der Waals surface area (Å²) in [6.07, 6.45) is 6.46. The fourth-order valence-corrected chi connectivity index (χ4v) is 4.07. The van der Waals surface area contributed by atoms with Crippen LogP contribution in [-0.2, 0) is 10.2 Å². The van der Waals surface area contributed by atoms with E-state index in [4.69, 9.17) is 5.11 Å². The van der Waals surface area contributed by atoms with E-state index in [1.165, 1.54) is 8.61 Å². The molecule has 17 heavy (non-hydrogen) atoms. The zero-order chi connectivity index (χ0) is 12.3. The standard InChI is InChI=1S/C11H20N2O3S/c14-10-11-5-4-8-13(9-11)17(15,16)12-6-2-1-3-7-12/h1-2,11,14H,3-10H2. The second-order valence-corrected chi connectivity index (χ2v) is 6.60. The second kappa shape index (κ2) is 5.48. The molecule has 2 heterocycles. The van der Waals surface area contributed by atoms with Gasteiger partial charge in [0.2, 0.25) is 0 Å². The normalized spacial score (nSPS) is 28.4. The van der Waals surface area contributed by atoms with Crippen LogP contribution in [0.3, 0.4) is 0 Å². The Morgan fingerprint density at radius 2 is 2.06 bits per heavy atom. The predicted molar refractivity (Wildman–Crippen MR) is 65.6 cm³/mol. The highest BCUT2D eigenvalue weighted by molar-refractivity contribution is 7.86. The maximum Gasteiger partial charge on any atom is 0.282 e. The van der Waals surface area contributed by atoms with Crippen molar-refractivity contribution in [1.82, 2.24) is 8.61 Å². The van der Waals surface area contributed by atoms with Crippen molar-refractivity contribution in [1.29, 1.82) is 0 Å². The Hall–Kier alpha value is -0.430. The molecule has 0 spiro atoms. The van der Waals surface area contributed by atoms with E-state index in [1.54, 1.807) is 0 Å². The Morgan fingerprint density at radius 1 is 1.24 bits per heavy atom. The molecule has 0 aromatic rings. The molecule has 0 aromatic heterocycles. The molecule has 2 aliphatic heterocycles. The van der Waals surface area contributed by atoms with Crippen LogP contribution in [0, 0.1) is 5.92 Å². The molecular formula is C11H20N2O3S. The van der Waals surface area contributed by atoms with Crippen molar-refractivity contribution < 1.29 is 13.5 Å². The van der Waals surface area contributed by atoms with Crippen LogP contribution in [0.4, 0.5) is 0 Å². The third-order valence-electron chi connectivity index (χ3n) is 3.41. The van der Waals surface area contributed by atoms with Crippen molar-refractivity contribution in [3.05, 3.63) is 12.2 Å². The molecule has 0 aliphatic carbocycles. The molecular weight excluding hydrogens is 240 g/mol. The summed E-state index contributed by atoms with van der Waals surface area (Å²) in [5, 5.41) is 9.14. The minimum absolute atomic E-state index is 0.0753. The summed E-state index contributed by atoms with van der Waals surface area (Å²) in [7, 11) is -3.32. The largest absolute Gasteiger partial charge is 0.396 e. The Labute approximate surface area is 103 Å². The molecule has 0 bridgehead atoms. The zero-order valence-corrected chi connectivity index (χ0v) is 10.8. The molecule has 0 radical (unpaired) electrons. The maximum absolute atomic E-state index is 12.3. The first-order chi connectivity index (χ1) is 8.14. The molecule has 1 atom stereocenters. The molecule has 1 unspecified atom stereocenters. The number of piperidine rings is 1. The molecule has 98 valence electrons. The van der Waals surface area contributed by atoms with Crippen LogP contribution in [0.25, 0.3) is 0 Å². The van der Waals surface area contributed by atoms with E-state index in [-0.39, 0.29) is 12.5 Å². The third-order valence-corrected chi connectivity index (χ3v) is 5.38. The van der Waals surface area contributed by atoms with Gasteiger partial charge in [0.15, 0.2) is 0 Å². The molecule has 1 N–H and O–H groups in total. The highest BCUT2D eigenvalue weighted by atomic mass is 32.2. The number of nitrogens with zero attached hydrogens (tertiary/aromatic N) is 2. The van der Waals surface area contributed by atoms with Gasteiger partial charge in [-0.05, 0) is 25.2 Å². The first kappa shape index (κ1) is 13.0. The van der Waals surface area contributed by atoms with E-state index in [9.17, 15) is 8.42 Å². The second-order valence-electron chi connectivity index (χ2n) is 4.67. The van der Waals surface area contributed by atoms with Crippen LogP contribution in [0.1, 0.15) is 19.3 Å². The lowest BCUT2D eigenvalue weighted by Crippen LogP contribution is -2.49. The van der Waals surface area contributed by atoms with Gasteiger partial charge in [-0.25, -0.2) is 0 Å². The van der Waals surface area contributed by atoms with Gasteiger partial charge in [0.1, 0.15) is 0 Å². The fourth-order valence-electron chi connectivity index (χ4n) is 2.38. The Morgan fingerprint density at radius 3 is 2.71 bits per heavy atom. The lowest BCUT2D eigenvalue weighted by molar-refractivity contribution is 0.161. The maximum atomic E-state index is 12.3. The zero-order valence-electron chi connectivity index (χ0n) is 9.96. The molecule has 6 heteroatoms. The molecule has 2 aliphatic rings. The summed E-state index contributed by atoms with van der Waals surface area (Å²) in [5.41, 5.74) is 0.